The second-order valence-corrected chi connectivity index (χ2v) is 4.60. The predicted molar refractivity (Wildman–Crippen MR) is 70.7 cm³/mol. The average molecular weight is 346 g/mol. The molecular formula is C15H8F6N2O. The second kappa shape index (κ2) is 6.39. The number of rotatable bonds is 3. The zero-order valence-corrected chi connectivity index (χ0v) is 11.7. The summed E-state index contributed by atoms with van der Waals surface area (Å²) in [4.78, 5) is 3.67. The maximum Gasteiger partial charge on any atom is 0.573 e. The molecule has 24 heavy (non-hydrogen) atoms. The van der Waals surface area contributed by atoms with Crippen LogP contribution in [0.1, 0.15) is 11.1 Å². The Morgan fingerprint density at radius 3 is 2.12 bits per heavy atom. The van der Waals surface area contributed by atoms with Gasteiger partial charge in [0.05, 0.1) is 23.7 Å². The van der Waals surface area contributed by atoms with Gasteiger partial charge >= 0.3 is 12.5 Å². The van der Waals surface area contributed by atoms with Crippen LogP contribution >= 0.6 is 0 Å². The lowest BCUT2D eigenvalue weighted by Crippen LogP contribution is -2.17. The summed E-state index contributed by atoms with van der Waals surface area (Å²) in [7, 11) is 0. The number of benzene rings is 1. The summed E-state index contributed by atoms with van der Waals surface area (Å²) in [6, 6.07) is 6.57. The SMILES string of the molecule is N#CCc1ccnc(-c2ccc(OC(F)(F)F)cc2)c1C(F)(F)F. The van der Waals surface area contributed by atoms with Gasteiger partial charge < -0.3 is 4.74 Å². The summed E-state index contributed by atoms with van der Waals surface area (Å²) >= 11 is 0. The largest absolute Gasteiger partial charge is 0.573 e. The first-order chi connectivity index (χ1) is 11.1. The van der Waals surface area contributed by atoms with E-state index in [-0.39, 0.29) is 11.1 Å². The van der Waals surface area contributed by atoms with E-state index in [1.54, 1.807) is 6.07 Å². The fraction of sp³-hybridized carbons (Fsp3) is 0.200. The monoisotopic (exact) mass is 346 g/mol. The van der Waals surface area contributed by atoms with Gasteiger partial charge in [0.25, 0.3) is 0 Å². The Morgan fingerprint density at radius 2 is 1.62 bits per heavy atom. The maximum atomic E-state index is 13.3. The van der Waals surface area contributed by atoms with Gasteiger partial charge in [0, 0.05) is 11.8 Å². The molecule has 0 aliphatic heterocycles. The van der Waals surface area contributed by atoms with Crippen molar-refractivity contribution in [3.8, 4) is 23.1 Å². The van der Waals surface area contributed by atoms with Gasteiger partial charge in [-0.15, -0.1) is 13.2 Å². The van der Waals surface area contributed by atoms with Crippen LogP contribution in [0, 0.1) is 11.3 Å². The van der Waals surface area contributed by atoms with E-state index < -0.39 is 36.0 Å². The van der Waals surface area contributed by atoms with Crippen LogP contribution in [0.4, 0.5) is 26.3 Å². The van der Waals surface area contributed by atoms with Gasteiger partial charge in [-0.05, 0) is 35.9 Å². The smallest absolute Gasteiger partial charge is 0.406 e. The molecule has 0 bridgehead atoms. The highest BCUT2D eigenvalue weighted by atomic mass is 19.4. The molecule has 1 aromatic carbocycles. The molecule has 126 valence electrons. The fourth-order valence-electron chi connectivity index (χ4n) is 2.08. The molecule has 0 N–H and O–H groups in total. The first-order valence-electron chi connectivity index (χ1n) is 6.40. The van der Waals surface area contributed by atoms with E-state index >= 15 is 0 Å². The number of hydrogen-bond acceptors (Lipinski definition) is 3. The Balaban J connectivity index is 2.49. The van der Waals surface area contributed by atoms with Crippen molar-refractivity contribution in [3.05, 3.63) is 47.7 Å². The van der Waals surface area contributed by atoms with Crippen molar-refractivity contribution >= 4 is 0 Å². The van der Waals surface area contributed by atoms with Crippen LogP contribution in [0.2, 0.25) is 0 Å². The third-order valence-electron chi connectivity index (χ3n) is 2.95. The van der Waals surface area contributed by atoms with E-state index in [0.29, 0.717) is 0 Å². The number of alkyl halides is 6. The minimum atomic E-state index is -4.90. The van der Waals surface area contributed by atoms with Crippen LogP contribution < -0.4 is 4.74 Å². The van der Waals surface area contributed by atoms with E-state index in [1.165, 1.54) is 0 Å². The second-order valence-electron chi connectivity index (χ2n) is 4.60. The van der Waals surface area contributed by atoms with E-state index in [0.717, 1.165) is 36.5 Å². The molecule has 2 aromatic rings. The molecule has 0 radical (unpaired) electrons. The molecule has 2 rings (SSSR count). The van der Waals surface area contributed by atoms with Crippen LogP contribution in [-0.2, 0) is 12.6 Å². The molecule has 0 saturated carbocycles. The molecule has 0 amide bonds. The van der Waals surface area contributed by atoms with Gasteiger partial charge in [0.2, 0.25) is 0 Å². The Kier molecular flexibility index (Phi) is 4.68. The van der Waals surface area contributed by atoms with Gasteiger partial charge in [-0.3, -0.25) is 4.98 Å². The van der Waals surface area contributed by atoms with Gasteiger partial charge in [-0.1, -0.05) is 0 Å². The average Bonchev–Trinajstić information content (AvgIpc) is 2.45. The van der Waals surface area contributed by atoms with Crippen LogP contribution in [0.3, 0.4) is 0 Å². The van der Waals surface area contributed by atoms with Crippen molar-refractivity contribution < 1.29 is 31.1 Å². The molecule has 1 heterocycles. The number of aromatic nitrogens is 1. The molecule has 0 spiro atoms. The normalized spacial score (nSPS) is 11.9. The molecule has 0 atom stereocenters. The molecular weight excluding hydrogens is 338 g/mol. The summed E-state index contributed by atoms with van der Waals surface area (Å²) in [6.07, 6.45) is -9.03. The van der Waals surface area contributed by atoms with Crippen LogP contribution in [0.25, 0.3) is 11.3 Å². The molecule has 0 saturated heterocycles. The zero-order valence-electron chi connectivity index (χ0n) is 11.7. The van der Waals surface area contributed by atoms with Crippen LogP contribution in [0.15, 0.2) is 36.5 Å². The quantitative estimate of drug-likeness (QED) is 0.755. The van der Waals surface area contributed by atoms with E-state index in [1.807, 2.05) is 0 Å². The van der Waals surface area contributed by atoms with E-state index in [2.05, 4.69) is 9.72 Å². The van der Waals surface area contributed by atoms with Gasteiger partial charge in [-0.2, -0.15) is 18.4 Å². The van der Waals surface area contributed by atoms with Crippen molar-refractivity contribution in [2.75, 3.05) is 0 Å². The minimum absolute atomic E-state index is 0.0448. The highest BCUT2D eigenvalue weighted by Gasteiger charge is 2.37. The van der Waals surface area contributed by atoms with E-state index in [9.17, 15) is 26.3 Å². The first kappa shape index (κ1) is 17.6. The number of halogens is 6. The number of hydrogen-bond donors (Lipinski definition) is 0. The van der Waals surface area contributed by atoms with Gasteiger partial charge in [0.15, 0.2) is 0 Å². The molecule has 0 fully saturated rings. The van der Waals surface area contributed by atoms with Gasteiger partial charge in [-0.25, -0.2) is 0 Å². The Hall–Kier alpha value is -2.76. The lowest BCUT2D eigenvalue weighted by atomic mass is 9.99. The number of pyridine rings is 1. The molecule has 1 aromatic heterocycles. The molecule has 0 unspecified atom stereocenters. The Morgan fingerprint density at radius 1 is 1.00 bits per heavy atom. The Bertz CT molecular complexity index is 760. The lowest BCUT2D eigenvalue weighted by molar-refractivity contribution is -0.274. The summed E-state index contributed by atoms with van der Waals surface area (Å²) in [6.45, 7) is 0. The predicted octanol–water partition coefficient (Wildman–Crippen LogP) is 4.73. The summed E-state index contributed by atoms with van der Waals surface area (Å²) < 4.78 is 79.9. The van der Waals surface area contributed by atoms with Crippen LogP contribution in [-0.4, -0.2) is 11.3 Å². The van der Waals surface area contributed by atoms with Crippen molar-refractivity contribution in [2.24, 2.45) is 0 Å². The summed E-state index contributed by atoms with van der Waals surface area (Å²) in [5.41, 5.74) is -1.85. The third-order valence-corrected chi connectivity index (χ3v) is 2.95. The summed E-state index contributed by atoms with van der Waals surface area (Å²) in [5, 5.41) is 8.66. The maximum absolute atomic E-state index is 13.3. The molecule has 9 heteroatoms. The summed E-state index contributed by atoms with van der Waals surface area (Å²) in [5.74, 6) is -0.562. The number of ether oxygens (including phenoxy) is 1. The highest BCUT2D eigenvalue weighted by molar-refractivity contribution is 5.66. The molecule has 3 nitrogen and oxygen atoms in total. The molecule has 0 aliphatic rings. The van der Waals surface area contributed by atoms with Crippen LogP contribution in [0.5, 0.6) is 5.75 Å². The fourth-order valence-corrected chi connectivity index (χ4v) is 2.08. The highest BCUT2D eigenvalue weighted by Crippen LogP contribution is 2.39. The topological polar surface area (TPSA) is 45.9 Å². The third kappa shape index (κ3) is 4.16. The molecule has 0 aliphatic carbocycles. The van der Waals surface area contributed by atoms with Crippen molar-refractivity contribution in [2.45, 2.75) is 19.0 Å². The van der Waals surface area contributed by atoms with Gasteiger partial charge in [0.1, 0.15) is 5.75 Å². The standard InChI is InChI=1S/C15H8F6N2O/c16-14(17,18)12-9(5-7-22)6-8-23-13(12)10-1-3-11(4-2-10)24-15(19,20)21/h1-4,6,8H,5H2. The number of nitriles is 1. The Labute approximate surface area is 132 Å². The first-order valence-corrected chi connectivity index (χ1v) is 6.40. The lowest BCUT2D eigenvalue weighted by Gasteiger charge is -2.16. The number of nitrogens with zero attached hydrogens (tertiary/aromatic N) is 2. The van der Waals surface area contributed by atoms with E-state index in [4.69, 9.17) is 5.26 Å². The minimum Gasteiger partial charge on any atom is -0.406 e. The zero-order chi connectivity index (χ0) is 18.0. The van der Waals surface area contributed by atoms with Crippen molar-refractivity contribution in [1.29, 1.82) is 5.26 Å². The van der Waals surface area contributed by atoms with Crippen molar-refractivity contribution in [1.82, 2.24) is 4.98 Å². The van der Waals surface area contributed by atoms with Crippen molar-refractivity contribution in [3.63, 3.8) is 0 Å².